The van der Waals surface area contributed by atoms with Crippen molar-refractivity contribution in [1.29, 1.82) is 0 Å². The maximum atomic E-state index is 4.38. The fraction of sp³-hybridized carbons (Fsp3) is 0.462. The van der Waals surface area contributed by atoms with E-state index < -0.39 is 0 Å². The Balaban J connectivity index is 1.65. The summed E-state index contributed by atoms with van der Waals surface area (Å²) in [5, 5.41) is 6.61. The molecule has 0 radical (unpaired) electrons. The highest BCUT2D eigenvalue weighted by Gasteiger charge is 2.14. The van der Waals surface area contributed by atoms with Crippen molar-refractivity contribution in [2.45, 2.75) is 32.1 Å². The Bertz CT molecular complexity index is 510. The van der Waals surface area contributed by atoms with Crippen LogP contribution in [0.5, 0.6) is 0 Å². The van der Waals surface area contributed by atoms with Crippen LogP contribution in [-0.4, -0.2) is 21.5 Å². The Labute approximate surface area is 111 Å². The van der Waals surface area contributed by atoms with Gasteiger partial charge in [-0.15, -0.1) is 11.3 Å². The van der Waals surface area contributed by atoms with E-state index in [1.54, 1.807) is 17.7 Å². The summed E-state index contributed by atoms with van der Waals surface area (Å²) in [4.78, 5) is 13.0. The standard InChI is InChI=1S/C13H16N4S/c1-2-4-11-10(3-1)13(17-9-16-11)15-6-5-12-14-7-8-18-12/h7-9H,1-6H2,(H,15,16,17). The lowest BCUT2D eigenvalue weighted by atomic mass is 9.96. The minimum Gasteiger partial charge on any atom is -0.369 e. The fourth-order valence-electron chi connectivity index (χ4n) is 2.34. The topological polar surface area (TPSA) is 50.7 Å². The van der Waals surface area contributed by atoms with E-state index in [0.29, 0.717) is 0 Å². The highest BCUT2D eigenvalue weighted by Crippen LogP contribution is 2.24. The molecule has 0 amide bonds. The van der Waals surface area contributed by atoms with Gasteiger partial charge in [0.05, 0.1) is 5.01 Å². The number of hydrogen-bond acceptors (Lipinski definition) is 5. The third kappa shape index (κ3) is 2.51. The van der Waals surface area contributed by atoms with Crippen molar-refractivity contribution < 1.29 is 0 Å². The molecule has 1 N–H and O–H groups in total. The molecule has 5 heteroatoms. The number of aromatic nitrogens is 3. The van der Waals surface area contributed by atoms with E-state index in [0.717, 1.165) is 31.6 Å². The van der Waals surface area contributed by atoms with E-state index in [1.807, 2.05) is 11.6 Å². The molecule has 0 fully saturated rings. The number of nitrogens with one attached hydrogen (secondary N) is 1. The van der Waals surface area contributed by atoms with E-state index in [2.05, 4.69) is 20.3 Å². The van der Waals surface area contributed by atoms with E-state index >= 15 is 0 Å². The summed E-state index contributed by atoms with van der Waals surface area (Å²) in [5.74, 6) is 1.02. The zero-order chi connectivity index (χ0) is 12.2. The average Bonchev–Trinajstić information content (AvgIpc) is 2.92. The van der Waals surface area contributed by atoms with Crippen LogP contribution in [0, 0.1) is 0 Å². The van der Waals surface area contributed by atoms with Crippen LogP contribution in [0.3, 0.4) is 0 Å². The van der Waals surface area contributed by atoms with Crippen LogP contribution >= 0.6 is 11.3 Å². The average molecular weight is 260 g/mol. The van der Waals surface area contributed by atoms with Gasteiger partial charge in [-0.05, 0) is 25.7 Å². The second-order valence-corrected chi connectivity index (χ2v) is 5.44. The Morgan fingerprint density at radius 1 is 1.17 bits per heavy atom. The van der Waals surface area contributed by atoms with Gasteiger partial charge in [-0.1, -0.05) is 0 Å². The van der Waals surface area contributed by atoms with Crippen LogP contribution in [-0.2, 0) is 19.3 Å². The summed E-state index contributed by atoms with van der Waals surface area (Å²) in [6.45, 7) is 0.886. The van der Waals surface area contributed by atoms with Crippen LogP contribution in [0.1, 0.15) is 29.1 Å². The lowest BCUT2D eigenvalue weighted by Gasteiger charge is -2.17. The first-order valence-corrected chi connectivity index (χ1v) is 7.26. The second kappa shape index (κ2) is 5.44. The molecule has 94 valence electrons. The Kier molecular flexibility index (Phi) is 3.50. The van der Waals surface area contributed by atoms with E-state index in [1.165, 1.54) is 29.1 Å². The molecule has 0 aromatic carbocycles. The van der Waals surface area contributed by atoms with Gasteiger partial charge >= 0.3 is 0 Å². The first-order chi connectivity index (χ1) is 8.93. The predicted octanol–water partition coefficient (Wildman–Crippen LogP) is 2.47. The molecule has 2 aromatic rings. The maximum absolute atomic E-state index is 4.38. The monoisotopic (exact) mass is 260 g/mol. The summed E-state index contributed by atoms with van der Waals surface area (Å²) >= 11 is 1.70. The van der Waals surface area contributed by atoms with Crippen LogP contribution < -0.4 is 5.32 Å². The van der Waals surface area contributed by atoms with Gasteiger partial charge in [-0.25, -0.2) is 15.0 Å². The van der Waals surface area contributed by atoms with Crippen LogP contribution in [0.2, 0.25) is 0 Å². The second-order valence-electron chi connectivity index (χ2n) is 4.46. The molecule has 0 unspecified atom stereocenters. The zero-order valence-electron chi connectivity index (χ0n) is 10.2. The predicted molar refractivity (Wildman–Crippen MR) is 73.0 cm³/mol. The van der Waals surface area contributed by atoms with Crippen LogP contribution in [0.4, 0.5) is 5.82 Å². The normalized spacial score (nSPS) is 14.2. The summed E-state index contributed by atoms with van der Waals surface area (Å²) < 4.78 is 0. The van der Waals surface area contributed by atoms with E-state index in [-0.39, 0.29) is 0 Å². The van der Waals surface area contributed by atoms with Crippen molar-refractivity contribution in [3.63, 3.8) is 0 Å². The molecule has 2 heterocycles. The Hall–Kier alpha value is -1.49. The van der Waals surface area contributed by atoms with Gasteiger partial charge in [0.15, 0.2) is 0 Å². The number of thiazole rings is 1. The third-order valence-electron chi connectivity index (χ3n) is 3.24. The molecule has 0 saturated heterocycles. The molecule has 2 aromatic heterocycles. The minimum atomic E-state index is 0.886. The molecule has 0 aliphatic heterocycles. The number of aryl methyl sites for hydroxylation is 1. The van der Waals surface area contributed by atoms with Crippen molar-refractivity contribution in [3.8, 4) is 0 Å². The molecule has 1 aliphatic carbocycles. The lowest BCUT2D eigenvalue weighted by molar-refractivity contribution is 0.663. The molecular formula is C13H16N4S. The molecular weight excluding hydrogens is 244 g/mol. The Morgan fingerprint density at radius 2 is 2.11 bits per heavy atom. The number of nitrogens with zero attached hydrogens (tertiary/aromatic N) is 3. The van der Waals surface area contributed by atoms with Crippen molar-refractivity contribution in [2.75, 3.05) is 11.9 Å². The van der Waals surface area contributed by atoms with Crippen molar-refractivity contribution >= 4 is 17.2 Å². The third-order valence-corrected chi connectivity index (χ3v) is 4.08. The molecule has 0 saturated carbocycles. The largest absolute Gasteiger partial charge is 0.369 e. The number of hydrogen-bond donors (Lipinski definition) is 1. The van der Waals surface area contributed by atoms with Gasteiger partial charge in [-0.3, -0.25) is 0 Å². The van der Waals surface area contributed by atoms with Gasteiger partial charge in [0, 0.05) is 35.8 Å². The number of anilines is 1. The van der Waals surface area contributed by atoms with Gasteiger partial charge in [0.2, 0.25) is 0 Å². The minimum absolute atomic E-state index is 0.886. The van der Waals surface area contributed by atoms with Crippen molar-refractivity contribution in [2.24, 2.45) is 0 Å². The van der Waals surface area contributed by atoms with Crippen LogP contribution in [0.25, 0.3) is 0 Å². The zero-order valence-corrected chi connectivity index (χ0v) is 11.0. The van der Waals surface area contributed by atoms with Crippen molar-refractivity contribution in [1.82, 2.24) is 15.0 Å². The quantitative estimate of drug-likeness (QED) is 0.917. The molecule has 4 nitrogen and oxygen atoms in total. The van der Waals surface area contributed by atoms with Crippen molar-refractivity contribution in [3.05, 3.63) is 34.2 Å². The van der Waals surface area contributed by atoms with Gasteiger partial charge in [0.1, 0.15) is 12.1 Å². The highest BCUT2D eigenvalue weighted by atomic mass is 32.1. The molecule has 0 spiro atoms. The maximum Gasteiger partial charge on any atom is 0.132 e. The molecule has 0 bridgehead atoms. The molecule has 1 aliphatic rings. The highest BCUT2D eigenvalue weighted by molar-refractivity contribution is 7.09. The van der Waals surface area contributed by atoms with E-state index in [9.17, 15) is 0 Å². The summed E-state index contributed by atoms with van der Waals surface area (Å²) in [6, 6.07) is 0. The fourth-order valence-corrected chi connectivity index (χ4v) is 2.96. The summed E-state index contributed by atoms with van der Waals surface area (Å²) in [7, 11) is 0. The lowest BCUT2D eigenvalue weighted by Crippen LogP contribution is -2.13. The van der Waals surface area contributed by atoms with E-state index in [4.69, 9.17) is 0 Å². The van der Waals surface area contributed by atoms with Gasteiger partial charge < -0.3 is 5.32 Å². The smallest absolute Gasteiger partial charge is 0.132 e. The summed E-state index contributed by atoms with van der Waals surface area (Å²) in [5.41, 5.74) is 2.55. The first kappa shape index (κ1) is 11.6. The van der Waals surface area contributed by atoms with Gasteiger partial charge in [0.25, 0.3) is 0 Å². The molecule has 3 rings (SSSR count). The number of fused-ring (bicyclic) bond motifs is 1. The number of rotatable bonds is 4. The summed E-state index contributed by atoms with van der Waals surface area (Å²) in [6.07, 6.45) is 9.19. The SMILES string of the molecule is c1csc(CCNc2ncnc3c2CCCC3)n1. The van der Waals surface area contributed by atoms with Gasteiger partial charge in [-0.2, -0.15) is 0 Å². The van der Waals surface area contributed by atoms with Crippen LogP contribution in [0.15, 0.2) is 17.9 Å². The molecule has 0 atom stereocenters. The first-order valence-electron chi connectivity index (χ1n) is 6.38. The Morgan fingerprint density at radius 3 is 3.00 bits per heavy atom. The molecule has 18 heavy (non-hydrogen) atoms.